The number of methoxy groups -OCH3 is 1. The van der Waals surface area contributed by atoms with Gasteiger partial charge in [-0.05, 0) is 103 Å². The van der Waals surface area contributed by atoms with E-state index in [1.54, 1.807) is 67.8 Å². The lowest BCUT2D eigenvalue weighted by Gasteiger charge is -2.37. The Balaban J connectivity index is 1.28. The summed E-state index contributed by atoms with van der Waals surface area (Å²) in [5, 5.41) is 0. The van der Waals surface area contributed by atoms with Crippen LogP contribution in [0, 0.1) is 0 Å². The van der Waals surface area contributed by atoms with Crippen LogP contribution in [0.3, 0.4) is 0 Å². The van der Waals surface area contributed by atoms with E-state index in [0.29, 0.717) is 56.1 Å². The highest BCUT2D eigenvalue weighted by Gasteiger charge is 2.35. The van der Waals surface area contributed by atoms with Crippen LogP contribution in [0.4, 0.5) is 0 Å². The molecule has 0 spiro atoms. The molecule has 66 heavy (non-hydrogen) atoms. The van der Waals surface area contributed by atoms with Crippen LogP contribution in [0.1, 0.15) is 48.0 Å². The van der Waals surface area contributed by atoms with E-state index in [-0.39, 0.29) is 46.9 Å². The van der Waals surface area contributed by atoms with Crippen molar-refractivity contribution in [2.24, 2.45) is 0 Å². The minimum absolute atomic E-state index is 0.0482. The number of rotatable bonds is 24. The van der Waals surface area contributed by atoms with E-state index in [1.165, 1.54) is 24.3 Å². The van der Waals surface area contributed by atoms with Crippen molar-refractivity contribution in [1.82, 2.24) is 0 Å². The smallest absolute Gasteiger partial charge is 0.339 e. The Morgan fingerprint density at radius 3 is 1.52 bits per heavy atom. The van der Waals surface area contributed by atoms with Crippen molar-refractivity contribution in [2.45, 2.75) is 105 Å². The van der Waals surface area contributed by atoms with Crippen LogP contribution in [-0.2, 0) is 40.9 Å². The van der Waals surface area contributed by atoms with Gasteiger partial charge in [0, 0.05) is 47.1 Å². The number of aryl methyl sites for hydroxylation is 1. The Morgan fingerprint density at radius 1 is 0.591 bits per heavy atom. The molecule has 356 valence electrons. The second kappa shape index (κ2) is 22.9. The first-order valence-corrected chi connectivity index (χ1v) is 32.6. The summed E-state index contributed by atoms with van der Waals surface area (Å²) in [7, 11) is -9.08. The molecular weight excluding hydrogens is 913 g/mol. The van der Waals surface area contributed by atoms with Gasteiger partial charge in [-0.3, -0.25) is 0 Å². The van der Waals surface area contributed by atoms with Gasteiger partial charge in [-0.25, -0.2) is 0 Å². The maximum Gasteiger partial charge on any atom is 0.339 e. The average molecular weight is 977 g/mol. The van der Waals surface area contributed by atoms with Gasteiger partial charge in [0.15, 0.2) is 13.6 Å². The van der Waals surface area contributed by atoms with Gasteiger partial charge in [0.1, 0.15) is 38.5 Å². The van der Waals surface area contributed by atoms with Gasteiger partial charge >= 0.3 is 20.2 Å². The molecule has 1 heterocycles. The molecular formula is C50H64O12S2Si2. The van der Waals surface area contributed by atoms with Crippen LogP contribution < -0.4 is 22.6 Å². The van der Waals surface area contributed by atoms with Crippen LogP contribution in [0.2, 0.25) is 51.4 Å². The van der Waals surface area contributed by atoms with Crippen molar-refractivity contribution >= 4 is 36.4 Å². The van der Waals surface area contributed by atoms with E-state index >= 15 is 0 Å². The summed E-state index contributed by atoms with van der Waals surface area (Å²) in [6.07, 6.45) is 1.78. The van der Waals surface area contributed by atoms with E-state index in [1.807, 2.05) is 36.4 Å². The van der Waals surface area contributed by atoms with Crippen molar-refractivity contribution in [2.75, 3.05) is 33.9 Å². The van der Waals surface area contributed by atoms with Crippen LogP contribution >= 0.6 is 0 Å². The van der Waals surface area contributed by atoms with Crippen LogP contribution in [0.5, 0.6) is 28.7 Å². The van der Waals surface area contributed by atoms with E-state index in [0.717, 1.165) is 28.8 Å². The Bertz CT molecular complexity index is 2470. The van der Waals surface area contributed by atoms with Crippen molar-refractivity contribution in [1.29, 1.82) is 0 Å². The van der Waals surface area contributed by atoms with Gasteiger partial charge in [-0.15, -0.1) is 0 Å². The highest BCUT2D eigenvalue weighted by molar-refractivity contribution is 7.87. The Kier molecular flexibility index (Phi) is 17.6. The summed E-state index contributed by atoms with van der Waals surface area (Å²) in [4.78, 5) is 0.142. The normalized spacial score (nSPS) is 16.9. The molecule has 0 radical (unpaired) electrons. The fourth-order valence-corrected chi connectivity index (χ4v) is 10.8. The monoisotopic (exact) mass is 976 g/mol. The van der Waals surface area contributed by atoms with E-state index in [4.69, 9.17) is 36.8 Å². The Labute approximate surface area is 393 Å². The number of hydrogen-bond donors (Lipinski definition) is 0. The van der Waals surface area contributed by atoms with E-state index < -0.39 is 42.5 Å². The van der Waals surface area contributed by atoms with Gasteiger partial charge < -0.3 is 36.8 Å². The third-order valence-corrected chi connectivity index (χ3v) is 17.0. The summed E-state index contributed by atoms with van der Waals surface area (Å²) in [5.41, 5.74) is 2.68. The van der Waals surface area contributed by atoms with Crippen molar-refractivity contribution < 1.29 is 53.6 Å². The Morgan fingerprint density at radius 2 is 1.06 bits per heavy atom. The molecule has 0 aliphatic carbocycles. The largest absolute Gasteiger partial charge is 0.496 e. The predicted molar refractivity (Wildman–Crippen MR) is 261 cm³/mol. The molecule has 6 rings (SSSR count). The molecule has 5 aromatic rings. The fraction of sp³-hybridized carbons (Fsp3) is 0.400. The summed E-state index contributed by atoms with van der Waals surface area (Å²) >= 11 is 0. The van der Waals surface area contributed by atoms with Gasteiger partial charge in [0.25, 0.3) is 0 Å². The second-order valence-electron chi connectivity index (χ2n) is 18.9. The molecule has 0 unspecified atom stereocenters. The topological polar surface area (TPSA) is 142 Å². The zero-order chi connectivity index (χ0) is 47.4. The zero-order valence-corrected chi connectivity index (χ0v) is 42.7. The molecule has 1 fully saturated rings. The highest BCUT2D eigenvalue weighted by Crippen LogP contribution is 2.49. The molecule has 3 atom stereocenters. The molecule has 0 aromatic heterocycles. The molecule has 1 saturated heterocycles. The fourth-order valence-electron chi connectivity index (χ4n) is 7.37. The third kappa shape index (κ3) is 15.4. The molecule has 1 aliphatic heterocycles. The molecule has 0 saturated carbocycles. The van der Waals surface area contributed by atoms with Gasteiger partial charge in [0.05, 0.1) is 19.3 Å². The van der Waals surface area contributed by atoms with Gasteiger partial charge in [0.2, 0.25) is 0 Å². The van der Waals surface area contributed by atoms with E-state index in [9.17, 15) is 16.8 Å². The summed E-state index contributed by atoms with van der Waals surface area (Å²) in [5.74, 6) is 1.99. The van der Waals surface area contributed by atoms with Crippen molar-refractivity contribution in [3.63, 3.8) is 0 Å². The number of ether oxygens (including phenoxy) is 6. The first kappa shape index (κ1) is 50.7. The summed E-state index contributed by atoms with van der Waals surface area (Å²) in [6, 6.07) is 35.8. The Hall–Kier alpha value is -4.69. The lowest BCUT2D eigenvalue weighted by atomic mass is 9.81. The molecule has 0 bridgehead atoms. The van der Waals surface area contributed by atoms with Crippen LogP contribution in [-0.4, -0.2) is 73.0 Å². The molecule has 1 aliphatic rings. The summed E-state index contributed by atoms with van der Waals surface area (Å²) < 4.78 is 100. The van der Waals surface area contributed by atoms with Gasteiger partial charge in [-0.1, -0.05) is 99.9 Å². The van der Waals surface area contributed by atoms with Crippen LogP contribution in [0.15, 0.2) is 131 Å². The van der Waals surface area contributed by atoms with Crippen molar-refractivity contribution in [3.8, 4) is 28.7 Å². The minimum Gasteiger partial charge on any atom is -0.496 e. The molecule has 16 heteroatoms. The summed E-state index contributed by atoms with van der Waals surface area (Å²) in [6.45, 7) is 15.1. The lowest BCUT2D eigenvalue weighted by Crippen LogP contribution is -2.28. The first-order valence-electron chi connectivity index (χ1n) is 22.3. The SMILES string of the molecule is COc1cc(OCOCC[Si](C)(C)C)c([C@@H]2C[C@H](CCc3ccc(OS(=O)(=O)c4ccccc4)cc3)O[C@H](c3ccc(OS(=O)(=O)c4ccccc4)cc3)C2)c(OCOCC[Si](C)(C)C)c1. The molecule has 12 nitrogen and oxygen atoms in total. The molecule has 0 amide bonds. The van der Waals surface area contributed by atoms with Gasteiger partial charge in [-0.2, -0.15) is 16.8 Å². The highest BCUT2D eigenvalue weighted by atomic mass is 32.2. The maximum atomic E-state index is 13.1. The lowest BCUT2D eigenvalue weighted by molar-refractivity contribution is -0.0640. The minimum atomic E-state index is -4.04. The van der Waals surface area contributed by atoms with E-state index in [2.05, 4.69) is 39.3 Å². The standard InChI is InChI=1S/C50H64O12S2Si2/c1-55-44-34-48(58-36-56-28-30-65(2,3)4)50(49(35-44)59-37-57-29-31-66(5,6)7)40-32-43(25-20-38-18-23-41(24-19-38)61-63(51,52)45-14-10-8-11-15-45)60-47(33-40)39-21-26-42(27-22-39)62-64(53,54)46-16-12-9-13-17-46/h8-19,21-24,26-27,34-35,40,43,47H,20,25,28-33,36-37H2,1-7H3/t40-,43+,47+/m1/s1. The maximum absolute atomic E-state index is 13.1. The molecule has 5 aromatic carbocycles. The predicted octanol–water partition coefficient (Wildman–Crippen LogP) is 11.2. The average Bonchev–Trinajstić information content (AvgIpc) is 3.28. The first-order chi connectivity index (χ1) is 31.4. The zero-order valence-electron chi connectivity index (χ0n) is 39.1. The number of benzene rings is 5. The number of hydrogen-bond acceptors (Lipinski definition) is 12. The van der Waals surface area contributed by atoms with Crippen molar-refractivity contribution in [3.05, 3.63) is 138 Å². The van der Waals surface area contributed by atoms with Crippen LogP contribution in [0.25, 0.3) is 0 Å². The molecule has 0 N–H and O–H groups in total. The quantitative estimate of drug-likeness (QED) is 0.0251. The third-order valence-electron chi connectivity index (χ3n) is 11.1. The second-order valence-corrected chi connectivity index (χ2v) is 33.2.